The van der Waals surface area contributed by atoms with E-state index in [0.29, 0.717) is 17.5 Å². The second-order valence-corrected chi connectivity index (χ2v) is 15.5. The van der Waals surface area contributed by atoms with Crippen LogP contribution < -0.4 is 0 Å². The lowest BCUT2D eigenvalue weighted by Gasteiger charge is -2.10. The molecule has 0 unspecified atom stereocenters. The molecule has 0 saturated heterocycles. The summed E-state index contributed by atoms with van der Waals surface area (Å²) in [6.07, 6.45) is 0. The maximum Gasteiger partial charge on any atom is 0.164 e. The van der Waals surface area contributed by atoms with Gasteiger partial charge in [0.1, 0.15) is 11.2 Å². The third-order valence-corrected chi connectivity index (χ3v) is 12.2. The minimum absolute atomic E-state index is 0.598. The summed E-state index contributed by atoms with van der Waals surface area (Å²) < 4.78 is 11.7. The molecule has 4 aromatic heterocycles. The van der Waals surface area contributed by atoms with Gasteiger partial charge in [0.2, 0.25) is 0 Å². The van der Waals surface area contributed by atoms with Crippen LogP contribution in [0.4, 0.5) is 0 Å². The molecule has 0 aliphatic rings. The highest BCUT2D eigenvalue weighted by molar-refractivity contribution is 7.26. The highest BCUT2D eigenvalue weighted by atomic mass is 32.1. The molecule has 12 aromatic rings. The Morgan fingerprint density at radius 1 is 0.404 bits per heavy atom. The van der Waals surface area contributed by atoms with Crippen LogP contribution in [0, 0.1) is 0 Å². The van der Waals surface area contributed by atoms with Crippen LogP contribution in [0.5, 0.6) is 0 Å². The number of rotatable bonds is 5. The van der Waals surface area contributed by atoms with E-state index in [9.17, 15) is 0 Å². The van der Waals surface area contributed by atoms with Crippen LogP contribution in [0.25, 0.3) is 115 Å². The SMILES string of the molecule is c1ccc(-c2nc(-c3ccccc3)nc(-c3ccc4c(c3)oc3c(-c5ccc6c(c5)sc5cccc(-n7c8ccccc8c8ccccc87)c56)cccc34)n2)cc1. The number of benzene rings is 8. The molecule has 266 valence electrons. The van der Waals surface area contributed by atoms with Gasteiger partial charge in [-0.2, -0.15) is 0 Å². The fraction of sp³-hybridized carbons (Fsp3) is 0. The maximum absolute atomic E-state index is 6.78. The van der Waals surface area contributed by atoms with E-state index >= 15 is 0 Å². The van der Waals surface area contributed by atoms with Crippen LogP contribution >= 0.6 is 11.3 Å². The van der Waals surface area contributed by atoms with Gasteiger partial charge in [0.05, 0.1) is 16.7 Å². The van der Waals surface area contributed by atoms with E-state index in [0.717, 1.165) is 49.8 Å². The summed E-state index contributed by atoms with van der Waals surface area (Å²) in [6.45, 7) is 0. The van der Waals surface area contributed by atoms with Crippen molar-refractivity contribution < 1.29 is 4.42 Å². The molecule has 6 heteroatoms. The molecular weight excluding hydrogens is 717 g/mol. The topological polar surface area (TPSA) is 56.7 Å². The first-order chi connectivity index (χ1) is 28.2. The average molecular weight is 747 g/mol. The standard InChI is InChI=1S/C51H30N4OS/c1-3-13-31(14-4-1)49-52-50(32-15-5-2-6-16-32)54-51(53-49)34-26-27-38-39-20-11-19-35(48(39)56-44(38)29-34)33-25-28-40-46(30-33)57-45-24-12-23-43(47(40)45)55-41-21-9-7-17-36(41)37-18-8-10-22-42(37)55/h1-30H. The zero-order chi connectivity index (χ0) is 37.5. The smallest absolute Gasteiger partial charge is 0.164 e. The van der Waals surface area contributed by atoms with Gasteiger partial charge < -0.3 is 8.98 Å². The Morgan fingerprint density at radius 2 is 0.982 bits per heavy atom. The van der Waals surface area contributed by atoms with Gasteiger partial charge in [-0.15, -0.1) is 11.3 Å². The van der Waals surface area contributed by atoms with Gasteiger partial charge in [-0.1, -0.05) is 140 Å². The predicted octanol–water partition coefficient (Wildman–Crippen LogP) is 13.9. The Bertz CT molecular complexity index is 3420. The van der Waals surface area contributed by atoms with Crippen molar-refractivity contribution in [2.45, 2.75) is 0 Å². The molecule has 4 heterocycles. The monoisotopic (exact) mass is 746 g/mol. The molecule has 0 radical (unpaired) electrons. The third-order valence-electron chi connectivity index (χ3n) is 11.1. The van der Waals surface area contributed by atoms with E-state index < -0.39 is 0 Å². The van der Waals surface area contributed by atoms with Gasteiger partial charge in [-0.25, -0.2) is 15.0 Å². The molecule has 12 rings (SSSR count). The van der Waals surface area contributed by atoms with Gasteiger partial charge in [-0.3, -0.25) is 0 Å². The summed E-state index contributed by atoms with van der Waals surface area (Å²) in [5, 5.41) is 7.17. The van der Waals surface area contributed by atoms with Crippen molar-refractivity contribution in [1.29, 1.82) is 0 Å². The number of thiophene rings is 1. The lowest BCUT2D eigenvalue weighted by atomic mass is 10.0. The van der Waals surface area contributed by atoms with Crippen LogP contribution in [0.1, 0.15) is 0 Å². The molecule has 8 aromatic carbocycles. The van der Waals surface area contributed by atoms with Crippen LogP contribution in [0.2, 0.25) is 0 Å². The highest BCUT2D eigenvalue weighted by Gasteiger charge is 2.19. The second kappa shape index (κ2) is 12.6. The summed E-state index contributed by atoms with van der Waals surface area (Å²) in [5.41, 5.74) is 10.2. The molecule has 57 heavy (non-hydrogen) atoms. The fourth-order valence-corrected chi connectivity index (χ4v) is 9.61. The fourth-order valence-electron chi connectivity index (χ4n) is 8.45. The van der Waals surface area contributed by atoms with Crippen molar-refractivity contribution in [3.63, 3.8) is 0 Å². The predicted molar refractivity (Wildman–Crippen MR) is 236 cm³/mol. The van der Waals surface area contributed by atoms with Crippen molar-refractivity contribution in [3.8, 4) is 51.0 Å². The first-order valence-electron chi connectivity index (χ1n) is 19.0. The van der Waals surface area contributed by atoms with Crippen LogP contribution in [0.3, 0.4) is 0 Å². The maximum atomic E-state index is 6.78. The number of hydrogen-bond acceptors (Lipinski definition) is 5. The number of furan rings is 1. The number of aromatic nitrogens is 4. The first-order valence-corrected chi connectivity index (χ1v) is 19.8. The van der Waals surface area contributed by atoms with Crippen molar-refractivity contribution in [3.05, 3.63) is 182 Å². The Labute approximate surface area is 330 Å². The molecule has 5 nitrogen and oxygen atoms in total. The average Bonchev–Trinajstić information content (AvgIpc) is 3.96. The zero-order valence-corrected chi connectivity index (χ0v) is 31.2. The molecule has 0 fully saturated rings. The van der Waals surface area contributed by atoms with Crippen molar-refractivity contribution in [2.75, 3.05) is 0 Å². The van der Waals surface area contributed by atoms with Crippen molar-refractivity contribution >= 4 is 75.3 Å². The minimum atomic E-state index is 0.598. The molecule has 0 bridgehead atoms. The van der Waals surface area contributed by atoms with Crippen LogP contribution in [-0.2, 0) is 0 Å². The van der Waals surface area contributed by atoms with E-state index in [1.54, 1.807) is 0 Å². The van der Waals surface area contributed by atoms with Crippen LogP contribution in [-0.4, -0.2) is 19.5 Å². The quantitative estimate of drug-likeness (QED) is 0.176. The summed E-state index contributed by atoms with van der Waals surface area (Å²) in [6, 6.07) is 63.8. The summed E-state index contributed by atoms with van der Waals surface area (Å²) in [5.74, 6) is 1.86. The zero-order valence-electron chi connectivity index (χ0n) is 30.4. The normalized spacial score (nSPS) is 11.9. The van der Waals surface area contributed by atoms with Gasteiger partial charge in [0.25, 0.3) is 0 Å². The van der Waals surface area contributed by atoms with Gasteiger partial charge in [0.15, 0.2) is 17.5 Å². The van der Waals surface area contributed by atoms with E-state index in [1.807, 2.05) is 72.0 Å². The first kappa shape index (κ1) is 31.9. The van der Waals surface area contributed by atoms with Crippen LogP contribution in [0.15, 0.2) is 186 Å². The lowest BCUT2D eigenvalue weighted by molar-refractivity contribution is 0.670. The molecule has 0 aliphatic heterocycles. The van der Waals surface area contributed by atoms with E-state index in [-0.39, 0.29) is 0 Å². The van der Waals surface area contributed by atoms with Crippen molar-refractivity contribution in [1.82, 2.24) is 19.5 Å². The highest BCUT2D eigenvalue weighted by Crippen LogP contribution is 2.44. The Kier molecular flexibility index (Phi) is 7.03. The molecule has 0 spiro atoms. The number of fused-ring (bicyclic) bond motifs is 9. The summed E-state index contributed by atoms with van der Waals surface area (Å²) in [7, 11) is 0. The van der Waals surface area contributed by atoms with Crippen molar-refractivity contribution in [2.24, 2.45) is 0 Å². The molecule has 0 N–H and O–H groups in total. The third kappa shape index (κ3) is 5.04. The molecule has 0 amide bonds. The number of hydrogen-bond donors (Lipinski definition) is 0. The summed E-state index contributed by atoms with van der Waals surface area (Å²) >= 11 is 1.84. The molecule has 0 saturated carbocycles. The molecule has 0 aliphatic carbocycles. The van der Waals surface area contributed by atoms with Gasteiger partial charge >= 0.3 is 0 Å². The lowest BCUT2D eigenvalue weighted by Crippen LogP contribution is -2.00. The molecule has 0 atom stereocenters. The number of para-hydroxylation sites is 3. The number of nitrogens with zero attached hydrogens (tertiary/aromatic N) is 4. The van der Waals surface area contributed by atoms with Gasteiger partial charge in [0, 0.05) is 64.0 Å². The summed E-state index contributed by atoms with van der Waals surface area (Å²) in [4.78, 5) is 14.8. The largest absolute Gasteiger partial charge is 0.455 e. The van der Waals surface area contributed by atoms with E-state index in [2.05, 4.69) is 126 Å². The van der Waals surface area contributed by atoms with E-state index in [4.69, 9.17) is 19.4 Å². The van der Waals surface area contributed by atoms with Gasteiger partial charge in [-0.05, 0) is 48.0 Å². The Balaban J connectivity index is 0.986. The Morgan fingerprint density at radius 3 is 1.68 bits per heavy atom. The Hall–Kier alpha value is -7.41. The molecular formula is C51H30N4OS. The minimum Gasteiger partial charge on any atom is -0.455 e. The second-order valence-electron chi connectivity index (χ2n) is 14.4. The van der Waals surface area contributed by atoms with E-state index in [1.165, 1.54) is 47.7 Å².